The van der Waals surface area contributed by atoms with E-state index in [0.717, 1.165) is 6.42 Å². The van der Waals surface area contributed by atoms with Crippen molar-refractivity contribution in [3.8, 4) is 0 Å². The smallest absolute Gasteiger partial charge is 0.153 e. The molecule has 2 nitrogen and oxygen atoms in total. The number of allylic oxidation sites excluding steroid dienone is 1. The number of rotatable bonds is 4. The lowest BCUT2D eigenvalue weighted by molar-refractivity contribution is 0.550. The van der Waals surface area contributed by atoms with Crippen LogP contribution in [0.25, 0.3) is 0 Å². The molecule has 0 spiro atoms. The van der Waals surface area contributed by atoms with Crippen LogP contribution >= 0.6 is 0 Å². The van der Waals surface area contributed by atoms with Gasteiger partial charge in [-0.05, 0) is 12.3 Å². The first-order chi connectivity index (χ1) is 4.20. The van der Waals surface area contributed by atoms with Crippen LogP contribution in [-0.2, 0) is 11.1 Å². The van der Waals surface area contributed by atoms with Crippen LogP contribution in [0, 0.1) is 5.92 Å². The van der Waals surface area contributed by atoms with E-state index in [-0.39, 0.29) is 5.92 Å². The molecule has 0 aromatic rings. The van der Waals surface area contributed by atoms with Gasteiger partial charge in [0.05, 0.1) is 5.75 Å². The minimum atomic E-state index is -1.67. The van der Waals surface area contributed by atoms with Gasteiger partial charge >= 0.3 is 0 Å². The van der Waals surface area contributed by atoms with Crippen LogP contribution in [0.5, 0.6) is 0 Å². The quantitative estimate of drug-likeness (QED) is 0.483. The molecule has 0 saturated carbocycles. The summed E-state index contributed by atoms with van der Waals surface area (Å²) in [4.78, 5) is 0. The van der Waals surface area contributed by atoms with Gasteiger partial charge in [-0.2, -0.15) is 0 Å². The molecular formula is C6H12O2S. The molecule has 0 aliphatic rings. The highest BCUT2D eigenvalue weighted by Crippen LogP contribution is 2.03. The van der Waals surface area contributed by atoms with E-state index in [0.29, 0.717) is 5.75 Å². The van der Waals surface area contributed by atoms with Crippen LogP contribution in [0.4, 0.5) is 0 Å². The Morgan fingerprint density at radius 2 is 2.44 bits per heavy atom. The Bertz CT molecular complexity index is 112. The maximum Gasteiger partial charge on any atom is 0.153 e. The molecule has 54 valence electrons. The van der Waals surface area contributed by atoms with E-state index >= 15 is 0 Å². The van der Waals surface area contributed by atoms with Crippen molar-refractivity contribution >= 4 is 11.1 Å². The van der Waals surface area contributed by atoms with Crippen molar-refractivity contribution in [2.75, 3.05) is 5.75 Å². The lowest BCUT2D eigenvalue weighted by Gasteiger charge is -2.03. The molecular weight excluding hydrogens is 136 g/mol. The Hall–Kier alpha value is -0.150. The van der Waals surface area contributed by atoms with Gasteiger partial charge < -0.3 is 4.55 Å². The zero-order chi connectivity index (χ0) is 7.28. The lowest BCUT2D eigenvalue weighted by Crippen LogP contribution is -2.06. The fraction of sp³-hybridized carbons (Fsp3) is 0.667. The third-order valence-electron chi connectivity index (χ3n) is 1.21. The summed E-state index contributed by atoms with van der Waals surface area (Å²) in [5, 5.41) is 0. The van der Waals surface area contributed by atoms with Gasteiger partial charge in [-0.25, -0.2) is 4.21 Å². The first-order valence-corrected chi connectivity index (χ1v) is 4.18. The van der Waals surface area contributed by atoms with Gasteiger partial charge in [0.25, 0.3) is 0 Å². The molecule has 0 heterocycles. The Morgan fingerprint density at radius 1 is 1.89 bits per heavy atom. The second kappa shape index (κ2) is 4.70. The maximum atomic E-state index is 10.2. The highest BCUT2D eigenvalue weighted by molar-refractivity contribution is 7.79. The summed E-state index contributed by atoms with van der Waals surface area (Å²) in [5.41, 5.74) is 0. The minimum absolute atomic E-state index is 0.191. The van der Waals surface area contributed by atoms with Crippen LogP contribution in [-0.4, -0.2) is 14.5 Å². The largest absolute Gasteiger partial charge is 0.306 e. The third-order valence-corrected chi connectivity index (χ3v) is 1.93. The Labute approximate surface area is 58.3 Å². The van der Waals surface area contributed by atoms with Gasteiger partial charge in [0, 0.05) is 0 Å². The topological polar surface area (TPSA) is 37.3 Å². The Kier molecular flexibility index (Phi) is 4.62. The lowest BCUT2D eigenvalue weighted by atomic mass is 10.1. The fourth-order valence-corrected chi connectivity index (χ4v) is 1.27. The highest BCUT2D eigenvalue weighted by atomic mass is 32.2. The average Bonchev–Trinajstić information content (AvgIpc) is 1.82. The van der Waals surface area contributed by atoms with E-state index in [4.69, 9.17) is 4.55 Å². The molecule has 2 atom stereocenters. The van der Waals surface area contributed by atoms with Gasteiger partial charge in [-0.15, -0.1) is 6.58 Å². The predicted molar refractivity (Wildman–Crippen MR) is 39.6 cm³/mol. The van der Waals surface area contributed by atoms with E-state index in [9.17, 15) is 4.21 Å². The van der Waals surface area contributed by atoms with Crippen molar-refractivity contribution in [3.63, 3.8) is 0 Å². The van der Waals surface area contributed by atoms with E-state index in [1.807, 2.05) is 6.92 Å². The van der Waals surface area contributed by atoms with Gasteiger partial charge in [0.15, 0.2) is 11.1 Å². The van der Waals surface area contributed by atoms with Gasteiger partial charge in [-0.1, -0.05) is 13.0 Å². The maximum absolute atomic E-state index is 10.2. The summed E-state index contributed by atoms with van der Waals surface area (Å²) in [7, 11) is 0. The summed E-state index contributed by atoms with van der Waals surface area (Å²) in [6.07, 6.45) is 2.60. The molecule has 0 aliphatic carbocycles. The molecule has 0 radical (unpaired) electrons. The van der Waals surface area contributed by atoms with Crippen molar-refractivity contribution in [2.45, 2.75) is 13.3 Å². The van der Waals surface area contributed by atoms with E-state index in [1.54, 1.807) is 6.08 Å². The Morgan fingerprint density at radius 3 is 2.56 bits per heavy atom. The molecule has 0 aromatic heterocycles. The van der Waals surface area contributed by atoms with Crippen molar-refractivity contribution in [2.24, 2.45) is 5.92 Å². The minimum Gasteiger partial charge on any atom is -0.306 e. The molecule has 0 amide bonds. The fourth-order valence-electron chi connectivity index (χ4n) is 0.536. The zero-order valence-electron chi connectivity index (χ0n) is 5.54. The molecule has 1 N–H and O–H groups in total. The SMILES string of the molecule is C=CC(CC)CS(=O)O. The summed E-state index contributed by atoms with van der Waals surface area (Å²) in [6, 6.07) is 0. The first-order valence-electron chi connectivity index (χ1n) is 2.90. The van der Waals surface area contributed by atoms with Crippen LogP contribution in [0.2, 0.25) is 0 Å². The predicted octanol–water partition coefficient (Wildman–Crippen LogP) is 1.42. The summed E-state index contributed by atoms with van der Waals surface area (Å²) in [6.45, 7) is 5.51. The molecule has 0 bridgehead atoms. The van der Waals surface area contributed by atoms with Crippen LogP contribution in [0.1, 0.15) is 13.3 Å². The second-order valence-corrected chi connectivity index (χ2v) is 2.87. The van der Waals surface area contributed by atoms with Crippen LogP contribution in [0.3, 0.4) is 0 Å². The van der Waals surface area contributed by atoms with Gasteiger partial charge in [0.2, 0.25) is 0 Å². The molecule has 0 rings (SSSR count). The molecule has 2 unspecified atom stereocenters. The highest BCUT2D eigenvalue weighted by Gasteiger charge is 2.03. The first kappa shape index (κ1) is 8.85. The molecule has 9 heavy (non-hydrogen) atoms. The van der Waals surface area contributed by atoms with E-state index < -0.39 is 11.1 Å². The van der Waals surface area contributed by atoms with Gasteiger partial charge in [0.1, 0.15) is 0 Å². The zero-order valence-corrected chi connectivity index (χ0v) is 6.36. The van der Waals surface area contributed by atoms with E-state index in [2.05, 4.69) is 6.58 Å². The molecule has 0 saturated heterocycles. The van der Waals surface area contributed by atoms with Crippen molar-refractivity contribution in [3.05, 3.63) is 12.7 Å². The Balaban J connectivity index is 3.55. The van der Waals surface area contributed by atoms with Gasteiger partial charge in [-0.3, -0.25) is 0 Å². The van der Waals surface area contributed by atoms with Crippen LogP contribution < -0.4 is 0 Å². The third kappa shape index (κ3) is 4.36. The molecule has 0 fully saturated rings. The summed E-state index contributed by atoms with van der Waals surface area (Å²) < 4.78 is 18.6. The standard InChI is InChI=1S/C6H12O2S/c1-3-6(4-2)5-9(7)8/h3,6H,1,4-5H2,2H3,(H,7,8). The van der Waals surface area contributed by atoms with Crippen molar-refractivity contribution in [1.29, 1.82) is 0 Å². The van der Waals surface area contributed by atoms with Crippen molar-refractivity contribution < 1.29 is 8.76 Å². The monoisotopic (exact) mass is 148 g/mol. The summed E-state index contributed by atoms with van der Waals surface area (Å²) >= 11 is -1.67. The number of hydrogen-bond donors (Lipinski definition) is 1. The summed E-state index contributed by atoms with van der Waals surface area (Å²) in [5.74, 6) is 0.510. The van der Waals surface area contributed by atoms with E-state index in [1.165, 1.54) is 0 Å². The van der Waals surface area contributed by atoms with Crippen LogP contribution in [0.15, 0.2) is 12.7 Å². The molecule has 0 aliphatic heterocycles. The normalized spacial score (nSPS) is 16.7. The second-order valence-electron chi connectivity index (χ2n) is 1.89. The molecule has 3 heteroatoms. The van der Waals surface area contributed by atoms with Crippen molar-refractivity contribution in [1.82, 2.24) is 0 Å². The molecule has 0 aromatic carbocycles. The average molecular weight is 148 g/mol. The number of hydrogen-bond acceptors (Lipinski definition) is 1.